The summed E-state index contributed by atoms with van der Waals surface area (Å²) in [5.41, 5.74) is 3.17. The first kappa shape index (κ1) is 14.7. The van der Waals surface area contributed by atoms with Gasteiger partial charge in [0, 0.05) is 20.4 Å². The van der Waals surface area contributed by atoms with Gasteiger partial charge in [0.05, 0.1) is 11.3 Å². The maximum absolute atomic E-state index is 12.2. The lowest BCUT2D eigenvalue weighted by Crippen LogP contribution is -2.43. The van der Waals surface area contributed by atoms with Gasteiger partial charge in [-0.15, -0.1) is 0 Å². The molecule has 0 heterocycles. The fourth-order valence-electron chi connectivity index (χ4n) is 1.47. The molecule has 0 unspecified atom stereocenters. The molecule has 6 nitrogen and oxygen atoms in total. The van der Waals surface area contributed by atoms with Crippen molar-refractivity contribution in [2.45, 2.75) is 20.3 Å². The van der Waals surface area contributed by atoms with Crippen LogP contribution in [-0.4, -0.2) is 29.8 Å². The van der Waals surface area contributed by atoms with Crippen LogP contribution in [0.15, 0.2) is 24.3 Å². The Labute approximate surface area is 111 Å². The molecule has 1 aromatic rings. The molecule has 19 heavy (non-hydrogen) atoms. The molecule has 0 bridgehead atoms. The monoisotopic (exact) mass is 263 g/mol. The fourth-order valence-corrected chi connectivity index (χ4v) is 1.47. The lowest BCUT2D eigenvalue weighted by atomic mass is 10.1. The number of amides is 3. The third-order valence-corrected chi connectivity index (χ3v) is 2.39. The predicted molar refractivity (Wildman–Crippen MR) is 71.3 cm³/mol. The van der Waals surface area contributed by atoms with Crippen LogP contribution < -0.4 is 10.7 Å². The number of nitrogens with one attached hydrogen (secondary N) is 2. The maximum atomic E-state index is 12.2. The Bertz CT molecular complexity index is 500. The highest BCUT2D eigenvalue weighted by Crippen LogP contribution is 2.16. The smallest absolute Gasteiger partial charge is 0.274 e. The first-order valence-electron chi connectivity index (χ1n) is 5.89. The van der Waals surface area contributed by atoms with Gasteiger partial charge in [0.15, 0.2) is 0 Å². The van der Waals surface area contributed by atoms with Crippen molar-refractivity contribution in [3.63, 3.8) is 0 Å². The van der Waals surface area contributed by atoms with Crippen molar-refractivity contribution < 1.29 is 14.4 Å². The van der Waals surface area contributed by atoms with Gasteiger partial charge in [-0.2, -0.15) is 0 Å². The van der Waals surface area contributed by atoms with Gasteiger partial charge in [-0.3, -0.25) is 24.8 Å². The van der Waals surface area contributed by atoms with E-state index in [0.717, 1.165) is 5.01 Å². The quantitative estimate of drug-likeness (QED) is 0.803. The molecule has 0 saturated carbocycles. The highest BCUT2D eigenvalue weighted by atomic mass is 16.2. The van der Waals surface area contributed by atoms with Crippen molar-refractivity contribution in [3.05, 3.63) is 29.8 Å². The predicted octanol–water partition coefficient (Wildman–Crippen LogP) is 1.16. The van der Waals surface area contributed by atoms with E-state index < -0.39 is 5.91 Å². The summed E-state index contributed by atoms with van der Waals surface area (Å²) in [4.78, 5) is 34.5. The molecule has 6 heteroatoms. The Kier molecular flexibility index (Phi) is 5.05. The van der Waals surface area contributed by atoms with Crippen LogP contribution in [0, 0.1) is 0 Å². The molecular weight excluding hydrogens is 246 g/mol. The van der Waals surface area contributed by atoms with Crippen LogP contribution in [0.5, 0.6) is 0 Å². The lowest BCUT2D eigenvalue weighted by molar-refractivity contribution is -0.124. The molecule has 0 spiro atoms. The Morgan fingerprint density at radius 3 is 2.42 bits per heavy atom. The Morgan fingerprint density at radius 2 is 1.84 bits per heavy atom. The molecule has 0 aliphatic rings. The molecule has 0 aliphatic carbocycles. The van der Waals surface area contributed by atoms with E-state index in [2.05, 4.69) is 10.7 Å². The van der Waals surface area contributed by atoms with E-state index in [1.165, 1.54) is 14.0 Å². The molecule has 2 N–H and O–H groups in total. The normalized spacial score (nSPS) is 9.63. The largest absolute Gasteiger partial charge is 0.326 e. The van der Waals surface area contributed by atoms with Crippen molar-refractivity contribution in [1.82, 2.24) is 10.4 Å². The molecule has 1 rings (SSSR count). The minimum Gasteiger partial charge on any atom is -0.326 e. The summed E-state index contributed by atoms with van der Waals surface area (Å²) in [6, 6.07) is 6.62. The Morgan fingerprint density at radius 1 is 1.21 bits per heavy atom. The second-order valence-electron chi connectivity index (χ2n) is 3.98. The Balaban J connectivity index is 2.92. The summed E-state index contributed by atoms with van der Waals surface area (Å²) in [7, 11) is 1.46. The number of hydrogen-bond donors (Lipinski definition) is 2. The van der Waals surface area contributed by atoms with Gasteiger partial charge >= 0.3 is 0 Å². The van der Waals surface area contributed by atoms with Gasteiger partial charge in [0.1, 0.15) is 0 Å². The molecule has 0 atom stereocenters. The number of carbonyl (C=O) groups excluding carboxylic acids is 3. The van der Waals surface area contributed by atoms with E-state index >= 15 is 0 Å². The molecular formula is C13H17N3O3. The van der Waals surface area contributed by atoms with E-state index in [1.807, 2.05) is 0 Å². The number of para-hydroxylation sites is 1. The van der Waals surface area contributed by atoms with Crippen LogP contribution in [0.1, 0.15) is 30.6 Å². The lowest BCUT2D eigenvalue weighted by Gasteiger charge is -2.19. The van der Waals surface area contributed by atoms with Gasteiger partial charge in [-0.05, 0) is 12.1 Å². The highest BCUT2D eigenvalue weighted by Gasteiger charge is 2.17. The highest BCUT2D eigenvalue weighted by molar-refractivity contribution is 6.03. The summed E-state index contributed by atoms with van der Waals surface area (Å²) < 4.78 is 0. The molecule has 3 amide bonds. The van der Waals surface area contributed by atoms with Gasteiger partial charge in [0.2, 0.25) is 11.8 Å². The number of hydrogen-bond acceptors (Lipinski definition) is 3. The summed E-state index contributed by atoms with van der Waals surface area (Å²) >= 11 is 0. The van der Waals surface area contributed by atoms with Crippen LogP contribution in [-0.2, 0) is 9.59 Å². The number of rotatable bonds is 3. The number of anilines is 1. The minimum absolute atomic E-state index is 0.257. The van der Waals surface area contributed by atoms with E-state index in [1.54, 1.807) is 31.2 Å². The zero-order valence-electron chi connectivity index (χ0n) is 11.2. The van der Waals surface area contributed by atoms with Crippen LogP contribution in [0.25, 0.3) is 0 Å². The molecule has 1 aromatic carbocycles. The van der Waals surface area contributed by atoms with Gasteiger partial charge in [-0.25, -0.2) is 0 Å². The molecule has 0 radical (unpaired) electrons. The summed E-state index contributed by atoms with van der Waals surface area (Å²) in [5, 5.41) is 3.68. The number of carbonyl (C=O) groups is 3. The number of hydrazine groups is 1. The maximum Gasteiger partial charge on any atom is 0.274 e. The van der Waals surface area contributed by atoms with Crippen molar-refractivity contribution in [2.75, 3.05) is 12.4 Å². The number of benzene rings is 1. The fraction of sp³-hybridized carbons (Fsp3) is 0.308. The first-order valence-corrected chi connectivity index (χ1v) is 5.89. The zero-order chi connectivity index (χ0) is 14.4. The van der Waals surface area contributed by atoms with Crippen LogP contribution in [0.4, 0.5) is 5.69 Å². The Hall–Kier alpha value is -2.37. The molecule has 0 fully saturated rings. The second kappa shape index (κ2) is 6.53. The molecule has 0 aliphatic heterocycles. The summed E-state index contributed by atoms with van der Waals surface area (Å²) in [5.74, 6) is -0.917. The van der Waals surface area contributed by atoms with E-state index in [-0.39, 0.29) is 18.2 Å². The van der Waals surface area contributed by atoms with E-state index in [0.29, 0.717) is 11.3 Å². The van der Waals surface area contributed by atoms with Crippen LogP contribution >= 0.6 is 0 Å². The number of nitrogens with zero attached hydrogens (tertiary/aromatic N) is 1. The molecule has 0 saturated heterocycles. The average molecular weight is 263 g/mol. The van der Waals surface area contributed by atoms with Crippen LogP contribution in [0.3, 0.4) is 0 Å². The third-order valence-electron chi connectivity index (χ3n) is 2.39. The topological polar surface area (TPSA) is 78.5 Å². The second-order valence-corrected chi connectivity index (χ2v) is 3.98. The minimum atomic E-state index is -0.397. The van der Waals surface area contributed by atoms with Gasteiger partial charge in [0.25, 0.3) is 5.91 Å². The molecule has 102 valence electrons. The summed E-state index contributed by atoms with van der Waals surface area (Å²) in [6.07, 6.45) is 0.283. The van der Waals surface area contributed by atoms with E-state index in [9.17, 15) is 14.4 Å². The SMILES string of the molecule is CCC(=O)NN(C)C(=O)c1ccccc1NC(C)=O. The first-order chi connectivity index (χ1) is 8.95. The zero-order valence-corrected chi connectivity index (χ0v) is 11.2. The van der Waals surface area contributed by atoms with Gasteiger partial charge in [-0.1, -0.05) is 19.1 Å². The van der Waals surface area contributed by atoms with Crippen molar-refractivity contribution in [3.8, 4) is 0 Å². The third kappa shape index (κ3) is 4.09. The average Bonchev–Trinajstić information content (AvgIpc) is 2.37. The van der Waals surface area contributed by atoms with Crippen molar-refractivity contribution in [1.29, 1.82) is 0 Å². The summed E-state index contributed by atoms with van der Waals surface area (Å²) in [6.45, 7) is 3.06. The van der Waals surface area contributed by atoms with Crippen LogP contribution in [0.2, 0.25) is 0 Å². The van der Waals surface area contributed by atoms with Crippen molar-refractivity contribution in [2.24, 2.45) is 0 Å². The van der Waals surface area contributed by atoms with E-state index in [4.69, 9.17) is 0 Å². The van der Waals surface area contributed by atoms with Gasteiger partial charge < -0.3 is 5.32 Å². The molecule has 0 aromatic heterocycles. The van der Waals surface area contributed by atoms with Crippen molar-refractivity contribution >= 4 is 23.4 Å². The standard InChI is InChI=1S/C13H17N3O3/c1-4-12(18)15-16(3)13(19)10-7-5-6-8-11(10)14-9(2)17/h5-8H,4H2,1-3H3,(H,14,17)(H,15,18).